The first-order chi connectivity index (χ1) is 9.74. The van der Waals surface area contributed by atoms with Crippen molar-refractivity contribution in [2.24, 2.45) is 5.41 Å². The Morgan fingerprint density at radius 1 is 0.700 bits per heavy atom. The van der Waals surface area contributed by atoms with Crippen LogP contribution in [0, 0.1) is 5.41 Å². The Labute approximate surface area is 125 Å². The van der Waals surface area contributed by atoms with Gasteiger partial charge in [0, 0.05) is 47.8 Å². The first kappa shape index (κ1) is 19.8. The van der Waals surface area contributed by atoms with E-state index in [-0.39, 0.29) is 5.41 Å². The molecule has 0 heterocycles. The molecule has 122 valence electrons. The largest absolute Gasteiger partial charge is 0.385 e. The fourth-order valence-corrected chi connectivity index (χ4v) is 2.68. The fourth-order valence-electron chi connectivity index (χ4n) is 2.68. The average molecular weight is 290 g/mol. The summed E-state index contributed by atoms with van der Waals surface area (Å²) in [5.41, 5.74) is 0.242. The van der Waals surface area contributed by atoms with Crippen LogP contribution in [0.3, 0.4) is 0 Å². The molecule has 4 nitrogen and oxygen atoms in total. The van der Waals surface area contributed by atoms with Crippen LogP contribution in [0.1, 0.15) is 45.4 Å². The van der Waals surface area contributed by atoms with E-state index in [1.165, 1.54) is 0 Å². The van der Waals surface area contributed by atoms with Crippen LogP contribution in [-0.4, -0.2) is 54.4 Å². The SMILES string of the molecule is CCOCC(CCCOC)(CCCOC)CCCOC. The van der Waals surface area contributed by atoms with Gasteiger partial charge in [0.2, 0.25) is 0 Å². The second kappa shape index (κ2) is 13.8. The molecule has 0 aliphatic rings. The number of hydrogen-bond acceptors (Lipinski definition) is 4. The molecule has 0 aromatic rings. The quantitative estimate of drug-likeness (QED) is 0.434. The molecule has 0 aliphatic carbocycles. The van der Waals surface area contributed by atoms with E-state index >= 15 is 0 Å². The summed E-state index contributed by atoms with van der Waals surface area (Å²) in [7, 11) is 5.29. The Morgan fingerprint density at radius 3 is 1.40 bits per heavy atom. The van der Waals surface area contributed by atoms with Crippen LogP contribution in [0.25, 0.3) is 0 Å². The molecule has 0 bridgehead atoms. The minimum atomic E-state index is 0.242. The van der Waals surface area contributed by atoms with Gasteiger partial charge in [0.05, 0.1) is 6.61 Å². The summed E-state index contributed by atoms with van der Waals surface area (Å²) in [6, 6.07) is 0. The first-order valence-corrected chi connectivity index (χ1v) is 7.79. The number of hydrogen-bond donors (Lipinski definition) is 0. The van der Waals surface area contributed by atoms with E-state index in [4.69, 9.17) is 18.9 Å². The summed E-state index contributed by atoms with van der Waals surface area (Å²) in [5, 5.41) is 0. The van der Waals surface area contributed by atoms with E-state index in [1.807, 2.05) is 0 Å². The topological polar surface area (TPSA) is 36.9 Å². The maximum absolute atomic E-state index is 5.77. The normalized spacial score (nSPS) is 12.0. The minimum absolute atomic E-state index is 0.242. The van der Waals surface area contributed by atoms with Crippen LogP contribution >= 0.6 is 0 Å². The predicted octanol–water partition coefficient (Wildman–Crippen LogP) is 3.29. The lowest BCUT2D eigenvalue weighted by atomic mass is 9.76. The highest BCUT2D eigenvalue weighted by molar-refractivity contribution is 4.79. The van der Waals surface area contributed by atoms with Crippen molar-refractivity contribution in [3.63, 3.8) is 0 Å². The van der Waals surface area contributed by atoms with Gasteiger partial charge in [0.25, 0.3) is 0 Å². The van der Waals surface area contributed by atoms with Crippen molar-refractivity contribution < 1.29 is 18.9 Å². The second-order valence-electron chi connectivity index (χ2n) is 5.43. The molecule has 0 amide bonds. The summed E-state index contributed by atoms with van der Waals surface area (Å²) < 4.78 is 21.4. The van der Waals surface area contributed by atoms with Gasteiger partial charge in [-0.2, -0.15) is 0 Å². The lowest BCUT2D eigenvalue weighted by molar-refractivity contribution is 0.0160. The van der Waals surface area contributed by atoms with Gasteiger partial charge in [0.15, 0.2) is 0 Å². The molecular formula is C16H34O4. The molecule has 0 atom stereocenters. The Balaban J connectivity index is 4.48. The Morgan fingerprint density at radius 2 is 1.10 bits per heavy atom. The van der Waals surface area contributed by atoms with Crippen molar-refractivity contribution in [2.45, 2.75) is 45.4 Å². The first-order valence-electron chi connectivity index (χ1n) is 7.79. The molecule has 20 heavy (non-hydrogen) atoms. The van der Waals surface area contributed by atoms with Gasteiger partial charge >= 0.3 is 0 Å². The van der Waals surface area contributed by atoms with E-state index in [0.29, 0.717) is 0 Å². The molecule has 0 rings (SSSR count). The molecular weight excluding hydrogens is 256 g/mol. The van der Waals surface area contributed by atoms with Gasteiger partial charge in [-0.1, -0.05) is 0 Å². The Kier molecular flexibility index (Phi) is 13.7. The fraction of sp³-hybridized carbons (Fsp3) is 1.00. The van der Waals surface area contributed by atoms with Crippen LogP contribution in [0.15, 0.2) is 0 Å². The van der Waals surface area contributed by atoms with Gasteiger partial charge in [-0.05, 0) is 50.9 Å². The average Bonchev–Trinajstić information content (AvgIpc) is 2.46. The number of rotatable bonds is 15. The van der Waals surface area contributed by atoms with Crippen LogP contribution in [0.4, 0.5) is 0 Å². The highest BCUT2D eigenvalue weighted by Crippen LogP contribution is 2.35. The highest BCUT2D eigenvalue weighted by Gasteiger charge is 2.29. The van der Waals surface area contributed by atoms with Gasteiger partial charge in [0.1, 0.15) is 0 Å². The summed E-state index contributed by atoms with van der Waals surface area (Å²) in [6.07, 6.45) is 6.70. The van der Waals surface area contributed by atoms with Gasteiger partial charge in [-0.15, -0.1) is 0 Å². The van der Waals surface area contributed by atoms with Crippen molar-refractivity contribution >= 4 is 0 Å². The van der Waals surface area contributed by atoms with E-state index in [1.54, 1.807) is 21.3 Å². The van der Waals surface area contributed by atoms with Crippen molar-refractivity contribution in [2.75, 3.05) is 54.4 Å². The van der Waals surface area contributed by atoms with Gasteiger partial charge < -0.3 is 18.9 Å². The number of ether oxygens (including phenoxy) is 4. The third-order valence-corrected chi connectivity index (χ3v) is 3.78. The zero-order valence-electron chi connectivity index (χ0n) is 13.9. The summed E-state index contributed by atoms with van der Waals surface area (Å²) in [6.45, 7) is 6.14. The second-order valence-corrected chi connectivity index (χ2v) is 5.43. The summed E-state index contributed by atoms with van der Waals surface area (Å²) in [5.74, 6) is 0. The molecule has 0 saturated heterocycles. The predicted molar refractivity (Wildman–Crippen MR) is 82.3 cm³/mol. The van der Waals surface area contributed by atoms with Gasteiger partial charge in [-0.3, -0.25) is 0 Å². The number of methoxy groups -OCH3 is 3. The van der Waals surface area contributed by atoms with Crippen molar-refractivity contribution in [1.82, 2.24) is 0 Å². The maximum Gasteiger partial charge on any atom is 0.0522 e. The van der Waals surface area contributed by atoms with E-state index < -0.39 is 0 Å². The molecule has 0 aromatic heterocycles. The zero-order chi connectivity index (χ0) is 15.1. The molecule has 0 radical (unpaired) electrons. The Hall–Kier alpha value is -0.160. The van der Waals surface area contributed by atoms with Gasteiger partial charge in [-0.25, -0.2) is 0 Å². The molecule has 0 aliphatic heterocycles. The molecule has 4 heteroatoms. The van der Waals surface area contributed by atoms with Crippen molar-refractivity contribution in [3.05, 3.63) is 0 Å². The standard InChI is InChI=1S/C16H34O4/c1-5-20-15-16(9-6-12-17-2,10-7-13-18-3)11-8-14-19-4/h5-15H2,1-4H3. The zero-order valence-corrected chi connectivity index (χ0v) is 13.9. The lowest BCUT2D eigenvalue weighted by Crippen LogP contribution is -2.29. The third-order valence-electron chi connectivity index (χ3n) is 3.78. The van der Waals surface area contributed by atoms with Crippen LogP contribution in [-0.2, 0) is 18.9 Å². The van der Waals surface area contributed by atoms with E-state index in [9.17, 15) is 0 Å². The molecule has 0 unspecified atom stereocenters. The smallest absolute Gasteiger partial charge is 0.0522 e. The minimum Gasteiger partial charge on any atom is -0.385 e. The monoisotopic (exact) mass is 290 g/mol. The van der Waals surface area contributed by atoms with E-state index in [2.05, 4.69) is 6.92 Å². The molecule has 0 saturated carbocycles. The maximum atomic E-state index is 5.77. The molecule has 0 fully saturated rings. The molecule has 0 N–H and O–H groups in total. The molecule has 0 spiro atoms. The van der Waals surface area contributed by atoms with Crippen molar-refractivity contribution in [1.29, 1.82) is 0 Å². The Bertz CT molecular complexity index is 170. The van der Waals surface area contributed by atoms with E-state index in [0.717, 1.165) is 71.6 Å². The van der Waals surface area contributed by atoms with Crippen molar-refractivity contribution in [3.8, 4) is 0 Å². The van der Waals surface area contributed by atoms with Crippen LogP contribution < -0.4 is 0 Å². The summed E-state index contributed by atoms with van der Waals surface area (Å²) in [4.78, 5) is 0. The summed E-state index contributed by atoms with van der Waals surface area (Å²) >= 11 is 0. The molecule has 0 aromatic carbocycles. The lowest BCUT2D eigenvalue weighted by Gasteiger charge is -2.34. The van der Waals surface area contributed by atoms with Crippen LogP contribution in [0.5, 0.6) is 0 Å². The van der Waals surface area contributed by atoms with Crippen LogP contribution in [0.2, 0.25) is 0 Å². The third kappa shape index (κ3) is 9.70. The highest BCUT2D eigenvalue weighted by atomic mass is 16.5.